The zero-order valence-electron chi connectivity index (χ0n) is 11.8. The number of hydrogen-bond acceptors (Lipinski definition) is 7. The molecule has 8 nitrogen and oxygen atoms in total. The van der Waals surface area contributed by atoms with Crippen LogP contribution in [0.5, 0.6) is 0 Å². The number of nitrogens with one attached hydrogen (secondary N) is 2. The summed E-state index contributed by atoms with van der Waals surface area (Å²) in [7, 11) is -1.00. The summed E-state index contributed by atoms with van der Waals surface area (Å²) in [6.45, 7) is 4.82. The van der Waals surface area contributed by atoms with Crippen molar-refractivity contribution in [3.63, 3.8) is 0 Å². The van der Waals surface area contributed by atoms with Crippen molar-refractivity contribution in [2.24, 2.45) is 0 Å². The first-order valence-corrected chi connectivity index (χ1v) is 7.89. The normalized spacial score (nSPS) is 13.6. The summed E-state index contributed by atoms with van der Waals surface area (Å²) in [5.41, 5.74) is -0.193. The van der Waals surface area contributed by atoms with Gasteiger partial charge in [0.05, 0.1) is 4.92 Å². The van der Waals surface area contributed by atoms with E-state index in [4.69, 9.17) is 0 Å². The van der Waals surface area contributed by atoms with Crippen LogP contribution in [0.2, 0.25) is 0 Å². The van der Waals surface area contributed by atoms with Gasteiger partial charge in [0.15, 0.2) is 0 Å². The zero-order chi connectivity index (χ0) is 15.1. The van der Waals surface area contributed by atoms with E-state index in [1.807, 2.05) is 6.92 Å². The van der Waals surface area contributed by atoms with Crippen LogP contribution in [-0.2, 0) is 10.8 Å². The molecule has 0 amide bonds. The van der Waals surface area contributed by atoms with Crippen LogP contribution in [0.4, 0.5) is 17.5 Å². The Bertz CT molecular complexity index is 497. The van der Waals surface area contributed by atoms with Gasteiger partial charge in [-0.3, -0.25) is 14.3 Å². The number of nitrogens with zero attached hydrogens (tertiary/aromatic N) is 3. The summed E-state index contributed by atoms with van der Waals surface area (Å²) in [5, 5.41) is 16.6. The molecular formula is C11H19N5O3S. The molecule has 0 saturated carbocycles. The third-order valence-corrected chi connectivity index (χ3v) is 3.92. The van der Waals surface area contributed by atoms with E-state index in [2.05, 4.69) is 20.6 Å². The Morgan fingerprint density at radius 2 is 2.20 bits per heavy atom. The van der Waals surface area contributed by atoms with Crippen molar-refractivity contribution in [3.8, 4) is 0 Å². The first-order chi connectivity index (χ1) is 9.45. The van der Waals surface area contributed by atoms with Crippen LogP contribution in [0.1, 0.15) is 20.3 Å². The largest absolute Gasteiger partial charge is 0.363 e. The van der Waals surface area contributed by atoms with Crippen molar-refractivity contribution in [1.82, 2.24) is 9.97 Å². The monoisotopic (exact) mass is 301 g/mol. The van der Waals surface area contributed by atoms with Crippen molar-refractivity contribution in [2.45, 2.75) is 25.5 Å². The molecule has 1 heterocycles. The predicted molar refractivity (Wildman–Crippen MR) is 79.5 cm³/mol. The highest BCUT2D eigenvalue weighted by atomic mass is 32.2. The molecule has 0 spiro atoms. The van der Waals surface area contributed by atoms with Crippen LogP contribution in [0.25, 0.3) is 0 Å². The molecule has 0 aliphatic carbocycles. The molecule has 0 aliphatic rings. The van der Waals surface area contributed by atoms with Gasteiger partial charge in [0.2, 0.25) is 11.8 Å². The van der Waals surface area contributed by atoms with Gasteiger partial charge in [-0.25, -0.2) is 4.98 Å². The van der Waals surface area contributed by atoms with Gasteiger partial charge >= 0.3 is 5.69 Å². The SMILES string of the molecule is CCCNc1ncc([N+](=O)[O-])c(NCC(C)S(C)=O)n1. The van der Waals surface area contributed by atoms with Crippen LogP contribution in [0.3, 0.4) is 0 Å². The number of nitro groups is 1. The Balaban J connectivity index is 2.88. The van der Waals surface area contributed by atoms with E-state index in [-0.39, 0.29) is 16.8 Å². The Morgan fingerprint density at radius 1 is 1.50 bits per heavy atom. The molecule has 2 unspecified atom stereocenters. The van der Waals surface area contributed by atoms with E-state index in [0.717, 1.165) is 6.42 Å². The van der Waals surface area contributed by atoms with Crippen LogP contribution < -0.4 is 10.6 Å². The van der Waals surface area contributed by atoms with Crippen molar-refractivity contribution >= 4 is 28.3 Å². The van der Waals surface area contributed by atoms with Gasteiger partial charge in [0.1, 0.15) is 6.20 Å². The summed E-state index contributed by atoms with van der Waals surface area (Å²) >= 11 is 0. The fourth-order valence-corrected chi connectivity index (χ4v) is 1.64. The summed E-state index contributed by atoms with van der Waals surface area (Å²) in [6, 6.07) is 0. The Hall–Kier alpha value is -1.77. The molecule has 1 aromatic heterocycles. The zero-order valence-corrected chi connectivity index (χ0v) is 12.6. The Kier molecular flexibility index (Phi) is 6.29. The Labute approximate surface area is 120 Å². The third-order valence-electron chi connectivity index (χ3n) is 2.62. The van der Waals surface area contributed by atoms with Gasteiger partial charge in [0, 0.05) is 35.4 Å². The Morgan fingerprint density at radius 3 is 2.75 bits per heavy atom. The lowest BCUT2D eigenvalue weighted by atomic mass is 10.4. The lowest BCUT2D eigenvalue weighted by Crippen LogP contribution is -2.22. The molecule has 0 aromatic carbocycles. The maximum atomic E-state index is 11.3. The van der Waals surface area contributed by atoms with E-state index in [1.165, 1.54) is 6.20 Å². The molecule has 0 radical (unpaired) electrons. The van der Waals surface area contributed by atoms with Crippen molar-refractivity contribution < 1.29 is 9.13 Å². The fraction of sp³-hybridized carbons (Fsp3) is 0.636. The van der Waals surface area contributed by atoms with E-state index < -0.39 is 15.7 Å². The summed E-state index contributed by atoms with van der Waals surface area (Å²) < 4.78 is 11.3. The molecule has 20 heavy (non-hydrogen) atoms. The molecule has 0 bridgehead atoms. The smallest absolute Gasteiger partial charge is 0.329 e. The number of hydrogen-bond donors (Lipinski definition) is 2. The molecule has 0 aliphatic heterocycles. The predicted octanol–water partition coefficient (Wildman–Crippen LogP) is 1.39. The average molecular weight is 301 g/mol. The van der Waals surface area contributed by atoms with Gasteiger partial charge in [-0.15, -0.1) is 0 Å². The average Bonchev–Trinajstić information content (AvgIpc) is 2.42. The first kappa shape index (κ1) is 16.3. The van der Waals surface area contributed by atoms with E-state index >= 15 is 0 Å². The second-order valence-electron chi connectivity index (χ2n) is 4.30. The number of rotatable bonds is 8. The maximum Gasteiger partial charge on any atom is 0.329 e. The molecule has 1 aromatic rings. The van der Waals surface area contributed by atoms with Crippen molar-refractivity contribution in [1.29, 1.82) is 0 Å². The van der Waals surface area contributed by atoms with Gasteiger partial charge < -0.3 is 10.6 Å². The molecule has 9 heteroatoms. The highest BCUT2D eigenvalue weighted by Gasteiger charge is 2.18. The highest BCUT2D eigenvalue weighted by molar-refractivity contribution is 7.84. The third kappa shape index (κ3) is 4.72. The molecule has 112 valence electrons. The lowest BCUT2D eigenvalue weighted by molar-refractivity contribution is -0.384. The van der Waals surface area contributed by atoms with Crippen LogP contribution in [0.15, 0.2) is 6.20 Å². The lowest BCUT2D eigenvalue weighted by Gasteiger charge is -2.11. The second kappa shape index (κ2) is 7.73. The standard InChI is InChI=1S/C11H19N5O3S/c1-4-5-12-11-14-7-9(16(17)18)10(15-11)13-6-8(2)20(3)19/h7-8H,4-6H2,1-3H3,(H2,12,13,14,15). The summed E-state index contributed by atoms with van der Waals surface area (Å²) in [5.74, 6) is 0.478. The number of aromatic nitrogens is 2. The minimum atomic E-state index is -1.00. The first-order valence-electron chi connectivity index (χ1n) is 6.27. The molecule has 2 atom stereocenters. The molecule has 0 fully saturated rings. The minimum Gasteiger partial charge on any atom is -0.363 e. The molecule has 2 N–H and O–H groups in total. The van der Waals surface area contributed by atoms with E-state index in [0.29, 0.717) is 19.0 Å². The van der Waals surface area contributed by atoms with Gasteiger partial charge in [-0.05, 0) is 13.3 Å². The van der Waals surface area contributed by atoms with Gasteiger partial charge in [-0.2, -0.15) is 4.98 Å². The van der Waals surface area contributed by atoms with Crippen molar-refractivity contribution in [2.75, 3.05) is 30.0 Å². The molecule has 1 rings (SSSR count). The molecule has 0 saturated heterocycles. The second-order valence-corrected chi connectivity index (χ2v) is 6.10. The van der Waals surface area contributed by atoms with E-state index in [1.54, 1.807) is 13.2 Å². The van der Waals surface area contributed by atoms with Gasteiger partial charge in [0.25, 0.3) is 0 Å². The fourth-order valence-electron chi connectivity index (χ4n) is 1.32. The van der Waals surface area contributed by atoms with Gasteiger partial charge in [-0.1, -0.05) is 6.92 Å². The maximum absolute atomic E-state index is 11.3. The summed E-state index contributed by atoms with van der Waals surface area (Å²) in [6.07, 6.45) is 3.66. The van der Waals surface area contributed by atoms with E-state index in [9.17, 15) is 14.3 Å². The highest BCUT2D eigenvalue weighted by Crippen LogP contribution is 2.22. The quantitative estimate of drug-likeness (QED) is 0.551. The van der Waals surface area contributed by atoms with Crippen LogP contribution in [-0.4, -0.2) is 43.7 Å². The minimum absolute atomic E-state index is 0.128. The van der Waals surface area contributed by atoms with Crippen LogP contribution >= 0.6 is 0 Å². The topological polar surface area (TPSA) is 110 Å². The molecular weight excluding hydrogens is 282 g/mol. The number of anilines is 2. The van der Waals surface area contributed by atoms with Crippen molar-refractivity contribution in [3.05, 3.63) is 16.3 Å². The summed E-state index contributed by atoms with van der Waals surface area (Å²) in [4.78, 5) is 18.4. The van der Waals surface area contributed by atoms with Crippen LogP contribution in [0, 0.1) is 10.1 Å².